The van der Waals surface area contributed by atoms with Gasteiger partial charge in [-0.25, -0.2) is 9.78 Å². The number of carbonyl (C=O) groups is 1. The van der Waals surface area contributed by atoms with E-state index in [1.807, 2.05) is 6.07 Å². The van der Waals surface area contributed by atoms with Gasteiger partial charge in [0.1, 0.15) is 12.2 Å². The van der Waals surface area contributed by atoms with Gasteiger partial charge in [0.25, 0.3) is 0 Å². The molecule has 6 nitrogen and oxygen atoms in total. The molecule has 0 aliphatic carbocycles. The van der Waals surface area contributed by atoms with Gasteiger partial charge >= 0.3 is 6.16 Å². The molecule has 0 bridgehead atoms. The van der Waals surface area contributed by atoms with Gasteiger partial charge in [0.05, 0.1) is 12.6 Å². The highest BCUT2D eigenvalue weighted by molar-refractivity contribution is 9.10. The van der Waals surface area contributed by atoms with E-state index in [4.69, 9.17) is 14.2 Å². The number of carbonyl (C=O) groups excluding carboxylic acids is 1. The molecule has 1 aliphatic rings. The highest BCUT2D eigenvalue weighted by Crippen LogP contribution is 2.29. The molecule has 2 rings (SSSR count). The number of halogens is 1. The fraction of sp³-hybridized carbons (Fsp3) is 0.571. The van der Waals surface area contributed by atoms with Crippen molar-refractivity contribution in [1.82, 2.24) is 4.98 Å². The van der Waals surface area contributed by atoms with Crippen molar-refractivity contribution in [3.8, 4) is 5.75 Å². The minimum Gasteiger partial charge on any atom is -0.488 e. The summed E-state index contributed by atoms with van der Waals surface area (Å²) >= 11 is 3.35. The summed E-state index contributed by atoms with van der Waals surface area (Å²) in [7, 11) is 0. The summed E-state index contributed by atoms with van der Waals surface area (Å²) in [5.41, 5.74) is -0.542. The highest BCUT2D eigenvalue weighted by atomic mass is 79.9. The summed E-state index contributed by atoms with van der Waals surface area (Å²) in [5, 5.41) is 3.26. The molecule has 21 heavy (non-hydrogen) atoms. The second-order valence-corrected chi connectivity index (χ2v) is 6.67. The van der Waals surface area contributed by atoms with Crippen LogP contribution in [0.2, 0.25) is 0 Å². The lowest BCUT2D eigenvalue weighted by Gasteiger charge is -2.26. The van der Waals surface area contributed by atoms with E-state index in [0.29, 0.717) is 24.6 Å². The number of aromatic nitrogens is 1. The van der Waals surface area contributed by atoms with Gasteiger partial charge in [0, 0.05) is 17.1 Å². The van der Waals surface area contributed by atoms with E-state index < -0.39 is 11.8 Å². The first kappa shape index (κ1) is 15.9. The van der Waals surface area contributed by atoms with Crippen LogP contribution in [0.15, 0.2) is 16.7 Å². The molecule has 0 saturated carbocycles. The largest absolute Gasteiger partial charge is 0.508 e. The smallest absolute Gasteiger partial charge is 0.488 e. The van der Waals surface area contributed by atoms with E-state index in [1.54, 1.807) is 27.0 Å². The molecule has 1 aromatic rings. The molecule has 0 fully saturated rings. The third-order valence-corrected chi connectivity index (χ3v) is 3.11. The van der Waals surface area contributed by atoms with Crippen LogP contribution in [0.1, 0.15) is 27.2 Å². The third kappa shape index (κ3) is 5.08. The van der Waals surface area contributed by atoms with Crippen LogP contribution in [0.25, 0.3) is 0 Å². The number of hydrogen-bond acceptors (Lipinski definition) is 6. The molecule has 1 atom stereocenters. The Labute approximate surface area is 132 Å². The summed E-state index contributed by atoms with van der Waals surface area (Å²) in [6.45, 7) is 6.16. The molecule has 1 aliphatic heterocycles. The van der Waals surface area contributed by atoms with E-state index in [9.17, 15) is 4.79 Å². The topological polar surface area (TPSA) is 69.7 Å². The quantitative estimate of drug-likeness (QED) is 0.835. The van der Waals surface area contributed by atoms with Crippen molar-refractivity contribution in [2.24, 2.45) is 0 Å². The van der Waals surface area contributed by atoms with E-state index >= 15 is 0 Å². The number of nitrogens with zero attached hydrogens (tertiary/aromatic N) is 1. The first-order valence-electron chi connectivity index (χ1n) is 6.74. The molecule has 2 heterocycles. The van der Waals surface area contributed by atoms with E-state index in [1.165, 1.54) is 0 Å². The summed E-state index contributed by atoms with van der Waals surface area (Å²) in [5.74, 6) is 1.42. The maximum atomic E-state index is 11.4. The SMILES string of the molecule is CC(C)(C)OC(=O)OCCC1COc2cc(Br)cnc2N1. The molecule has 0 spiro atoms. The number of hydrogen-bond donors (Lipinski definition) is 1. The zero-order valence-corrected chi connectivity index (χ0v) is 13.9. The maximum absolute atomic E-state index is 11.4. The van der Waals surface area contributed by atoms with Crippen molar-refractivity contribution in [2.75, 3.05) is 18.5 Å². The number of fused-ring (bicyclic) bond motifs is 1. The Morgan fingerprint density at radius 3 is 3.05 bits per heavy atom. The number of anilines is 1. The van der Waals surface area contributed by atoms with E-state index in [2.05, 4.69) is 26.2 Å². The minimum atomic E-state index is -0.651. The van der Waals surface area contributed by atoms with Gasteiger partial charge in [-0.1, -0.05) is 0 Å². The zero-order chi connectivity index (χ0) is 15.5. The Kier molecular flexibility index (Phi) is 4.92. The Morgan fingerprint density at radius 1 is 1.57 bits per heavy atom. The Balaban J connectivity index is 1.76. The zero-order valence-electron chi connectivity index (χ0n) is 12.3. The maximum Gasteiger partial charge on any atom is 0.508 e. The molecule has 116 valence electrons. The van der Waals surface area contributed by atoms with Gasteiger partial charge in [-0.3, -0.25) is 0 Å². The predicted molar refractivity (Wildman–Crippen MR) is 81.6 cm³/mol. The van der Waals surface area contributed by atoms with Gasteiger partial charge in [-0.15, -0.1) is 0 Å². The molecule has 1 unspecified atom stereocenters. The van der Waals surface area contributed by atoms with Gasteiger partial charge in [-0.2, -0.15) is 0 Å². The van der Waals surface area contributed by atoms with Crippen molar-refractivity contribution >= 4 is 27.9 Å². The van der Waals surface area contributed by atoms with Crippen LogP contribution in [0.5, 0.6) is 5.75 Å². The molecular weight excluding hydrogens is 340 g/mol. The van der Waals surface area contributed by atoms with Crippen LogP contribution in [0, 0.1) is 0 Å². The van der Waals surface area contributed by atoms with Crippen LogP contribution in [0.3, 0.4) is 0 Å². The van der Waals surface area contributed by atoms with Gasteiger partial charge < -0.3 is 19.5 Å². The molecule has 1 aromatic heterocycles. The Hall–Kier alpha value is -1.50. The molecule has 7 heteroatoms. The lowest BCUT2D eigenvalue weighted by molar-refractivity contribution is -0.00832. The number of ether oxygens (including phenoxy) is 3. The number of rotatable bonds is 3. The van der Waals surface area contributed by atoms with Crippen LogP contribution in [-0.2, 0) is 9.47 Å². The summed E-state index contributed by atoms with van der Waals surface area (Å²) in [4.78, 5) is 15.7. The third-order valence-electron chi connectivity index (χ3n) is 2.68. The van der Waals surface area contributed by atoms with Gasteiger partial charge in [0.2, 0.25) is 0 Å². The van der Waals surface area contributed by atoms with Gasteiger partial charge in [0.15, 0.2) is 11.6 Å². The van der Waals surface area contributed by atoms with E-state index in [-0.39, 0.29) is 12.6 Å². The van der Waals surface area contributed by atoms with Crippen molar-refractivity contribution in [1.29, 1.82) is 0 Å². The fourth-order valence-electron chi connectivity index (χ4n) is 1.78. The van der Waals surface area contributed by atoms with Crippen LogP contribution in [0.4, 0.5) is 10.6 Å². The van der Waals surface area contributed by atoms with Crippen LogP contribution >= 0.6 is 15.9 Å². The average Bonchev–Trinajstić information content (AvgIpc) is 2.36. The predicted octanol–water partition coefficient (Wildman–Crippen LogP) is 3.36. The fourth-order valence-corrected chi connectivity index (χ4v) is 2.09. The summed E-state index contributed by atoms with van der Waals surface area (Å²) in [6.07, 6.45) is 1.67. The lowest BCUT2D eigenvalue weighted by atomic mass is 10.2. The molecule has 0 saturated heterocycles. The van der Waals surface area contributed by atoms with E-state index in [0.717, 1.165) is 4.47 Å². The standard InChI is InChI=1S/C14H19BrN2O4/c1-14(2,3)21-13(18)19-5-4-10-8-20-11-6-9(15)7-16-12(11)17-10/h6-7,10H,4-5,8H2,1-3H3,(H,16,17). The van der Waals surface area contributed by atoms with Crippen LogP contribution in [-0.4, -0.2) is 36.0 Å². The minimum absolute atomic E-state index is 0.0496. The van der Waals surface area contributed by atoms with Crippen molar-refractivity contribution in [3.63, 3.8) is 0 Å². The Morgan fingerprint density at radius 2 is 2.33 bits per heavy atom. The molecule has 1 N–H and O–H groups in total. The second kappa shape index (κ2) is 6.51. The van der Waals surface area contributed by atoms with Crippen molar-refractivity contribution in [3.05, 3.63) is 16.7 Å². The van der Waals surface area contributed by atoms with Gasteiger partial charge in [-0.05, 0) is 42.8 Å². The number of pyridine rings is 1. The molecule has 0 amide bonds. The lowest BCUT2D eigenvalue weighted by Crippen LogP contribution is -2.33. The monoisotopic (exact) mass is 358 g/mol. The first-order chi connectivity index (χ1) is 9.83. The van der Waals surface area contributed by atoms with Crippen molar-refractivity contribution < 1.29 is 19.0 Å². The second-order valence-electron chi connectivity index (χ2n) is 5.75. The van der Waals surface area contributed by atoms with Crippen LogP contribution < -0.4 is 10.1 Å². The normalized spacial score (nSPS) is 17.2. The summed E-state index contributed by atoms with van der Waals surface area (Å²) < 4.78 is 16.6. The average molecular weight is 359 g/mol. The summed E-state index contributed by atoms with van der Waals surface area (Å²) in [6, 6.07) is 1.91. The molecule has 0 aromatic carbocycles. The first-order valence-corrected chi connectivity index (χ1v) is 7.53. The molecule has 0 radical (unpaired) electrons. The Bertz CT molecular complexity index is 516. The van der Waals surface area contributed by atoms with Crippen molar-refractivity contribution in [2.45, 2.75) is 38.8 Å². The molecular formula is C14H19BrN2O4. The highest BCUT2D eigenvalue weighted by Gasteiger charge is 2.21. The number of nitrogens with one attached hydrogen (secondary N) is 1.